The summed E-state index contributed by atoms with van der Waals surface area (Å²) in [5.41, 5.74) is 7.28. The van der Waals surface area contributed by atoms with Crippen LogP contribution in [-0.4, -0.2) is 29.1 Å². The van der Waals surface area contributed by atoms with Gasteiger partial charge in [0, 0.05) is 24.2 Å². The van der Waals surface area contributed by atoms with Crippen LogP contribution in [0.2, 0.25) is 0 Å². The molecule has 1 atom stereocenters. The molecule has 1 unspecified atom stereocenters. The normalized spacial score (nSPS) is 38.8. The van der Waals surface area contributed by atoms with Crippen molar-refractivity contribution in [3.63, 3.8) is 0 Å². The van der Waals surface area contributed by atoms with E-state index in [1.165, 1.54) is 38.6 Å². The van der Waals surface area contributed by atoms with Gasteiger partial charge in [0.1, 0.15) is 0 Å². The molecule has 2 rings (SSSR count). The first-order valence-electron chi connectivity index (χ1n) is 7.80. The monoisotopic (exact) mass is 252 g/mol. The van der Waals surface area contributed by atoms with Crippen molar-refractivity contribution in [1.82, 2.24) is 4.90 Å². The third-order valence-corrected chi connectivity index (χ3v) is 5.64. The molecule has 2 aliphatic rings. The van der Waals surface area contributed by atoms with Gasteiger partial charge in [-0.05, 0) is 57.3 Å². The summed E-state index contributed by atoms with van der Waals surface area (Å²) >= 11 is 0. The molecule has 2 nitrogen and oxygen atoms in total. The summed E-state index contributed by atoms with van der Waals surface area (Å²) in [6, 6.07) is 1.05. The fourth-order valence-electron chi connectivity index (χ4n) is 4.40. The molecule has 1 spiro atoms. The third kappa shape index (κ3) is 2.34. The minimum Gasteiger partial charge on any atom is -0.326 e. The Hall–Kier alpha value is -0.0800. The second-order valence-corrected chi connectivity index (χ2v) is 7.93. The summed E-state index contributed by atoms with van der Waals surface area (Å²) in [6.45, 7) is 13.0. The maximum atomic E-state index is 6.49. The van der Waals surface area contributed by atoms with E-state index >= 15 is 0 Å². The fourth-order valence-corrected chi connectivity index (χ4v) is 4.40. The standard InChI is InChI=1S/C16H32N2/c1-12(2)18-11-8-14(17)16(18)9-6-13(7-10-16)15(3,4)5/h12-14H,6-11,17H2,1-5H3. The number of rotatable bonds is 1. The van der Waals surface area contributed by atoms with Gasteiger partial charge in [-0.15, -0.1) is 0 Å². The van der Waals surface area contributed by atoms with Crippen LogP contribution in [0.15, 0.2) is 0 Å². The van der Waals surface area contributed by atoms with Crippen molar-refractivity contribution < 1.29 is 0 Å². The van der Waals surface area contributed by atoms with E-state index in [9.17, 15) is 0 Å². The van der Waals surface area contributed by atoms with Gasteiger partial charge in [0.2, 0.25) is 0 Å². The minimum atomic E-state index is 0.329. The van der Waals surface area contributed by atoms with Crippen molar-refractivity contribution in [1.29, 1.82) is 0 Å². The maximum Gasteiger partial charge on any atom is 0.0363 e. The van der Waals surface area contributed by atoms with Gasteiger partial charge in [0.15, 0.2) is 0 Å². The number of hydrogen-bond acceptors (Lipinski definition) is 2. The van der Waals surface area contributed by atoms with Crippen LogP contribution >= 0.6 is 0 Å². The van der Waals surface area contributed by atoms with E-state index in [1.54, 1.807) is 0 Å². The third-order valence-electron chi connectivity index (χ3n) is 5.64. The zero-order valence-corrected chi connectivity index (χ0v) is 13.0. The molecule has 1 aliphatic heterocycles. The molecule has 0 amide bonds. The van der Waals surface area contributed by atoms with E-state index in [0.29, 0.717) is 23.0 Å². The van der Waals surface area contributed by atoms with E-state index in [-0.39, 0.29) is 0 Å². The Bertz CT molecular complexity index is 282. The zero-order chi connectivity index (χ0) is 13.6. The molecule has 2 heteroatoms. The van der Waals surface area contributed by atoms with Gasteiger partial charge in [-0.25, -0.2) is 0 Å². The molecule has 0 aromatic heterocycles. The van der Waals surface area contributed by atoms with Gasteiger partial charge < -0.3 is 5.73 Å². The van der Waals surface area contributed by atoms with Crippen LogP contribution in [0.3, 0.4) is 0 Å². The van der Waals surface area contributed by atoms with Crippen molar-refractivity contribution in [2.45, 2.75) is 84.3 Å². The Morgan fingerprint density at radius 3 is 2.11 bits per heavy atom. The van der Waals surface area contributed by atoms with Crippen LogP contribution in [0.1, 0.15) is 66.7 Å². The highest BCUT2D eigenvalue weighted by Gasteiger charge is 2.50. The Morgan fingerprint density at radius 2 is 1.67 bits per heavy atom. The largest absolute Gasteiger partial charge is 0.326 e. The first kappa shape index (κ1) is 14.3. The molecule has 0 bridgehead atoms. The number of hydrogen-bond donors (Lipinski definition) is 1. The highest BCUT2D eigenvalue weighted by molar-refractivity contribution is 5.08. The Labute approximate surface area is 113 Å². The van der Waals surface area contributed by atoms with E-state index in [4.69, 9.17) is 5.73 Å². The average Bonchev–Trinajstić information content (AvgIpc) is 2.56. The van der Waals surface area contributed by atoms with E-state index in [1.807, 2.05) is 0 Å². The summed E-state index contributed by atoms with van der Waals surface area (Å²) in [5.74, 6) is 0.880. The lowest BCUT2D eigenvalue weighted by Crippen LogP contribution is -2.58. The van der Waals surface area contributed by atoms with E-state index in [2.05, 4.69) is 39.5 Å². The van der Waals surface area contributed by atoms with Crippen molar-refractivity contribution >= 4 is 0 Å². The molecule has 0 aromatic carbocycles. The van der Waals surface area contributed by atoms with Crippen molar-refractivity contribution in [2.75, 3.05) is 6.54 Å². The molecule has 2 N–H and O–H groups in total. The van der Waals surface area contributed by atoms with Gasteiger partial charge in [0.25, 0.3) is 0 Å². The summed E-state index contributed by atoms with van der Waals surface area (Å²) in [5, 5.41) is 0. The van der Waals surface area contributed by atoms with Crippen LogP contribution in [0.5, 0.6) is 0 Å². The predicted molar refractivity (Wildman–Crippen MR) is 78.6 cm³/mol. The van der Waals surface area contributed by atoms with Gasteiger partial charge >= 0.3 is 0 Å². The Balaban J connectivity index is 2.10. The van der Waals surface area contributed by atoms with Gasteiger partial charge in [-0.3, -0.25) is 4.90 Å². The molecule has 1 aliphatic carbocycles. The smallest absolute Gasteiger partial charge is 0.0363 e. The maximum absolute atomic E-state index is 6.49. The zero-order valence-electron chi connectivity index (χ0n) is 13.0. The van der Waals surface area contributed by atoms with Crippen molar-refractivity contribution in [3.05, 3.63) is 0 Å². The highest BCUT2D eigenvalue weighted by Crippen LogP contribution is 2.47. The SMILES string of the molecule is CC(C)N1CCC(N)C12CCC(C(C)(C)C)CC2. The van der Waals surface area contributed by atoms with Crippen LogP contribution in [-0.2, 0) is 0 Å². The van der Waals surface area contributed by atoms with Crippen molar-refractivity contribution in [2.24, 2.45) is 17.1 Å². The summed E-state index contributed by atoms with van der Waals surface area (Å²) in [7, 11) is 0. The molecule has 106 valence electrons. The molecule has 1 saturated heterocycles. The van der Waals surface area contributed by atoms with Crippen LogP contribution in [0.25, 0.3) is 0 Å². The second-order valence-electron chi connectivity index (χ2n) is 7.93. The lowest BCUT2D eigenvalue weighted by Gasteiger charge is -2.50. The number of likely N-dealkylation sites (tertiary alicyclic amines) is 1. The summed E-state index contributed by atoms with van der Waals surface area (Å²) in [4.78, 5) is 2.70. The number of nitrogens with zero attached hydrogens (tertiary/aromatic N) is 1. The quantitative estimate of drug-likeness (QED) is 0.775. The van der Waals surface area contributed by atoms with E-state index < -0.39 is 0 Å². The molecular weight excluding hydrogens is 220 g/mol. The Kier molecular flexibility index (Phi) is 3.81. The molecule has 1 saturated carbocycles. The van der Waals surface area contributed by atoms with Crippen LogP contribution < -0.4 is 5.73 Å². The molecule has 0 radical (unpaired) electrons. The topological polar surface area (TPSA) is 29.3 Å². The van der Waals surface area contributed by atoms with Crippen molar-refractivity contribution in [3.8, 4) is 0 Å². The molecular formula is C16H32N2. The Morgan fingerprint density at radius 1 is 1.11 bits per heavy atom. The highest BCUT2D eigenvalue weighted by atomic mass is 15.3. The summed E-state index contributed by atoms with van der Waals surface area (Å²) < 4.78 is 0. The lowest BCUT2D eigenvalue weighted by molar-refractivity contribution is 0.0191. The first-order valence-corrected chi connectivity index (χ1v) is 7.80. The number of nitrogens with two attached hydrogens (primary N) is 1. The molecule has 2 fully saturated rings. The second kappa shape index (κ2) is 4.79. The van der Waals surface area contributed by atoms with E-state index in [0.717, 1.165) is 5.92 Å². The first-order chi connectivity index (χ1) is 8.27. The lowest BCUT2D eigenvalue weighted by atomic mass is 9.65. The van der Waals surface area contributed by atoms with Gasteiger partial charge in [-0.1, -0.05) is 20.8 Å². The van der Waals surface area contributed by atoms with Gasteiger partial charge in [0.05, 0.1) is 0 Å². The predicted octanol–water partition coefficient (Wildman–Crippen LogP) is 3.40. The molecule has 1 heterocycles. The van der Waals surface area contributed by atoms with Gasteiger partial charge in [-0.2, -0.15) is 0 Å². The van der Waals surface area contributed by atoms with Crippen LogP contribution in [0, 0.1) is 11.3 Å². The fraction of sp³-hybridized carbons (Fsp3) is 1.00. The molecule has 0 aromatic rings. The molecule has 18 heavy (non-hydrogen) atoms. The van der Waals surface area contributed by atoms with Crippen LogP contribution in [0.4, 0.5) is 0 Å². The summed E-state index contributed by atoms with van der Waals surface area (Å²) in [6.07, 6.45) is 6.54. The average molecular weight is 252 g/mol. The minimum absolute atomic E-state index is 0.329.